The molecule has 0 aliphatic heterocycles. The molecule has 0 aromatic carbocycles. The van der Waals surface area contributed by atoms with Gasteiger partial charge in [0.05, 0.1) is 0 Å². The monoisotopic (exact) mass is 290 g/mol. The lowest BCUT2D eigenvalue weighted by atomic mass is 10.4. The van der Waals surface area contributed by atoms with Crippen molar-refractivity contribution < 1.29 is 0 Å². The van der Waals surface area contributed by atoms with Crippen molar-refractivity contribution in [3.8, 4) is 0 Å². The van der Waals surface area contributed by atoms with Crippen molar-refractivity contribution in [1.29, 1.82) is 0 Å². The van der Waals surface area contributed by atoms with Gasteiger partial charge in [-0.3, -0.25) is 0 Å². The Balaban J connectivity index is 0.000000720. The maximum absolute atomic E-state index is 4.20. The van der Waals surface area contributed by atoms with Crippen LogP contribution in [-0.2, 0) is 0 Å². The molecule has 2 aromatic rings. The van der Waals surface area contributed by atoms with E-state index in [0.717, 1.165) is 15.8 Å². The molecule has 2 aromatic heterocycles. The Morgan fingerprint density at radius 3 is 2.92 bits per heavy atom. The first-order valence-electron chi connectivity index (χ1n) is 3.36. The fraction of sp³-hybridized carbons (Fsp3) is 0.125. The van der Waals surface area contributed by atoms with Gasteiger partial charge in [-0.05, 0) is 35.0 Å². The molecule has 0 saturated carbocycles. The van der Waals surface area contributed by atoms with E-state index in [-0.39, 0.29) is 17.0 Å². The molecule has 2 nitrogen and oxygen atoms in total. The van der Waals surface area contributed by atoms with Gasteiger partial charge in [0.15, 0.2) is 0 Å². The third-order valence-corrected chi connectivity index (χ3v) is 2.12. The SMILES string of the molecule is Br.Cc1cnc2ccc(Br)cn12. The minimum atomic E-state index is 0. The summed E-state index contributed by atoms with van der Waals surface area (Å²) in [7, 11) is 0. The highest BCUT2D eigenvalue weighted by Gasteiger charge is 1.96. The van der Waals surface area contributed by atoms with Crippen LogP contribution in [0.2, 0.25) is 0 Å². The molecule has 0 spiro atoms. The zero-order valence-corrected chi connectivity index (χ0v) is 9.79. The Hall–Kier alpha value is -0.350. The van der Waals surface area contributed by atoms with Gasteiger partial charge in [-0.15, -0.1) is 17.0 Å². The van der Waals surface area contributed by atoms with E-state index in [4.69, 9.17) is 0 Å². The van der Waals surface area contributed by atoms with Crippen molar-refractivity contribution in [3.05, 3.63) is 34.7 Å². The van der Waals surface area contributed by atoms with E-state index < -0.39 is 0 Å². The number of hydrogen-bond donors (Lipinski definition) is 0. The molecule has 0 aliphatic carbocycles. The molecule has 12 heavy (non-hydrogen) atoms. The van der Waals surface area contributed by atoms with Crippen molar-refractivity contribution in [3.63, 3.8) is 0 Å². The normalized spacial score (nSPS) is 9.83. The van der Waals surface area contributed by atoms with Gasteiger partial charge in [-0.2, -0.15) is 0 Å². The molecule has 2 rings (SSSR count). The van der Waals surface area contributed by atoms with Crippen molar-refractivity contribution >= 4 is 38.6 Å². The maximum atomic E-state index is 4.20. The number of rotatable bonds is 0. The van der Waals surface area contributed by atoms with E-state index in [2.05, 4.69) is 20.9 Å². The topological polar surface area (TPSA) is 17.3 Å². The summed E-state index contributed by atoms with van der Waals surface area (Å²) in [6.07, 6.45) is 3.87. The van der Waals surface area contributed by atoms with Gasteiger partial charge in [0, 0.05) is 22.6 Å². The van der Waals surface area contributed by atoms with E-state index >= 15 is 0 Å². The van der Waals surface area contributed by atoms with Crippen LogP contribution in [0.25, 0.3) is 5.65 Å². The van der Waals surface area contributed by atoms with Crippen LogP contribution in [0.1, 0.15) is 5.69 Å². The smallest absolute Gasteiger partial charge is 0.136 e. The third-order valence-electron chi connectivity index (χ3n) is 1.65. The minimum absolute atomic E-state index is 0. The molecule has 0 radical (unpaired) electrons. The maximum Gasteiger partial charge on any atom is 0.136 e. The molecule has 0 unspecified atom stereocenters. The summed E-state index contributed by atoms with van der Waals surface area (Å²) in [5, 5.41) is 0. The van der Waals surface area contributed by atoms with Gasteiger partial charge in [0.25, 0.3) is 0 Å². The zero-order valence-electron chi connectivity index (χ0n) is 6.49. The quantitative estimate of drug-likeness (QED) is 0.729. The minimum Gasteiger partial charge on any atom is -0.303 e. The molecule has 0 N–H and O–H groups in total. The highest BCUT2D eigenvalue weighted by Crippen LogP contribution is 2.12. The van der Waals surface area contributed by atoms with Gasteiger partial charge in [0.2, 0.25) is 0 Å². The van der Waals surface area contributed by atoms with Crippen molar-refractivity contribution in [2.45, 2.75) is 6.92 Å². The number of hydrogen-bond acceptors (Lipinski definition) is 1. The van der Waals surface area contributed by atoms with E-state index in [1.54, 1.807) is 0 Å². The summed E-state index contributed by atoms with van der Waals surface area (Å²) >= 11 is 3.40. The Morgan fingerprint density at radius 1 is 1.42 bits per heavy atom. The summed E-state index contributed by atoms with van der Waals surface area (Å²) in [5.74, 6) is 0. The second kappa shape index (κ2) is 3.58. The fourth-order valence-electron chi connectivity index (χ4n) is 1.08. The lowest BCUT2D eigenvalue weighted by molar-refractivity contribution is 1.10. The van der Waals surface area contributed by atoms with Crippen molar-refractivity contribution in [1.82, 2.24) is 9.38 Å². The Labute approximate surface area is 89.5 Å². The zero-order chi connectivity index (χ0) is 7.84. The van der Waals surface area contributed by atoms with E-state index in [0.29, 0.717) is 0 Å². The first kappa shape index (κ1) is 9.74. The van der Waals surface area contributed by atoms with Gasteiger partial charge >= 0.3 is 0 Å². The van der Waals surface area contributed by atoms with Crippen LogP contribution in [-0.4, -0.2) is 9.38 Å². The molecule has 64 valence electrons. The summed E-state index contributed by atoms with van der Waals surface area (Å²) in [4.78, 5) is 4.20. The van der Waals surface area contributed by atoms with Crippen molar-refractivity contribution in [2.75, 3.05) is 0 Å². The van der Waals surface area contributed by atoms with Crippen LogP contribution >= 0.6 is 32.9 Å². The number of aromatic nitrogens is 2. The number of halogens is 2. The lowest BCUT2D eigenvalue weighted by Gasteiger charge is -1.95. The summed E-state index contributed by atoms with van der Waals surface area (Å²) in [6.45, 7) is 2.03. The van der Waals surface area contributed by atoms with Crippen LogP contribution in [0.3, 0.4) is 0 Å². The van der Waals surface area contributed by atoms with Crippen LogP contribution in [0.5, 0.6) is 0 Å². The fourth-order valence-corrected chi connectivity index (χ4v) is 1.41. The van der Waals surface area contributed by atoms with Crippen LogP contribution < -0.4 is 0 Å². The van der Waals surface area contributed by atoms with Crippen molar-refractivity contribution in [2.24, 2.45) is 0 Å². The standard InChI is InChI=1S/C8H7BrN2.BrH/c1-6-4-10-8-3-2-7(9)5-11(6)8;/h2-5H,1H3;1H. The first-order valence-corrected chi connectivity index (χ1v) is 4.16. The first-order chi connectivity index (χ1) is 5.27. The number of nitrogens with zero attached hydrogens (tertiary/aromatic N) is 2. The summed E-state index contributed by atoms with van der Waals surface area (Å²) in [6, 6.07) is 3.97. The van der Waals surface area contributed by atoms with Crippen LogP contribution in [0.15, 0.2) is 29.0 Å². The molecule has 0 aliphatic rings. The lowest BCUT2D eigenvalue weighted by Crippen LogP contribution is -1.85. The summed E-state index contributed by atoms with van der Waals surface area (Å²) < 4.78 is 3.12. The van der Waals surface area contributed by atoms with E-state index in [1.807, 2.05) is 35.9 Å². The molecule has 2 heterocycles. The third kappa shape index (κ3) is 1.54. The summed E-state index contributed by atoms with van der Waals surface area (Å²) in [5.41, 5.74) is 2.15. The molecule has 4 heteroatoms. The Morgan fingerprint density at radius 2 is 2.17 bits per heavy atom. The predicted molar refractivity (Wildman–Crippen MR) is 58.0 cm³/mol. The number of fused-ring (bicyclic) bond motifs is 1. The van der Waals surface area contributed by atoms with Gasteiger partial charge in [0.1, 0.15) is 5.65 Å². The molecular formula is C8H8Br2N2. The molecular weight excluding hydrogens is 284 g/mol. The van der Waals surface area contributed by atoms with E-state index in [9.17, 15) is 0 Å². The highest BCUT2D eigenvalue weighted by atomic mass is 79.9. The Bertz CT molecular complexity index is 395. The molecule has 0 bridgehead atoms. The average molecular weight is 292 g/mol. The van der Waals surface area contributed by atoms with E-state index in [1.165, 1.54) is 0 Å². The second-order valence-corrected chi connectivity index (χ2v) is 3.39. The molecule has 0 fully saturated rings. The molecule has 0 amide bonds. The second-order valence-electron chi connectivity index (χ2n) is 2.48. The number of imidazole rings is 1. The van der Waals surface area contributed by atoms with Gasteiger partial charge in [-0.25, -0.2) is 4.98 Å². The highest BCUT2D eigenvalue weighted by molar-refractivity contribution is 9.10. The predicted octanol–water partition coefficient (Wildman–Crippen LogP) is 2.98. The van der Waals surface area contributed by atoms with Crippen LogP contribution in [0, 0.1) is 6.92 Å². The Kier molecular flexibility index (Phi) is 2.90. The van der Waals surface area contributed by atoms with Crippen LogP contribution in [0.4, 0.5) is 0 Å². The average Bonchev–Trinajstić information content (AvgIpc) is 2.33. The largest absolute Gasteiger partial charge is 0.303 e. The number of aryl methyl sites for hydroxylation is 1. The molecule has 0 saturated heterocycles. The van der Waals surface area contributed by atoms with Gasteiger partial charge < -0.3 is 4.40 Å². The van der Waals surface area contributed by atoms with Gasteiger partial charge in [-0.1, -0.05) is 0 Å². The molecule has 0 atom stereocenters. The number of pyridine rings is 1.